The average Bonchev–Trinajstić information content (AvgIpc) is 3.33. The number of unbranched alkanes of at least 4 members (excludes halogenated alkanes) is 2. The minimum absolute atomic E-state index is 0.172. The number of methoxy groups -OCH3 is 3. The number of nitrogens with zero attached hydrogens (tertiary/aromatic N) is 2. The van der Waals surface area contributed by atoms with Crippen LogP contribution >= 0.6 is 0 Å². The van der Waals surface area contributed by atoms with Crippen molar-refractivity contribution in [2.45, 2.75) is 45.6 Å². The molecule has 0 aliphatic carbocycles. The summed E-state index contributed by atoms with van der Waals surface area (Å²) in [6.45, 7) is 4.16. The van der Waals surface area contributed by atoms with E-state index in [1.165, 1.54) is 26.9 Å². The highest BCUT2D eigenvalue weighted by Gasteiger charge is 2.17. The van der Waals surface area contributed by atoms with Crippen molar-refractivity contribution in [3.8, 4) is 23.0 Å². The smallest absolute Gasteiger partial charge is 0.251 e. The van der Waals surface area contributed by atoms with Crippen LogP contribution in [0.2, 0.25) is 0 Å². The summed E-state index contributed by atoms with van der Waals surface area (Å²) in [6.07, 6.45) is 4.63. The van der Waals surface area contributed by atoms with E-state index in [2.05, 4.69) is 47.1 Å². The van der Waals surface area contributed by atoms with Crippen LogP contribution < -0.4 is 24.3 Å². The van der Waals surface area contributed by atoms with Gasteiger partial charge in [-0.15, -0.1) is 0 Å². The van der Waals surface area contributed by atoms with Gasteiger partial charge < -0.3 is 28.8 Å². The number of aromatic nitrogens is 2. The van der Waals surface area contributed by atoms with Crippen LogP contribution in [0.25, 0.3) is 11.0 Å². The molecule has 8 heteroatoms. The van der Waals surface area contributed by atoms with Crippen molar-refractivity contribution in [1.29, 1.82) is 0 Å². The Morgan fingerprint density at radius 2 is 1.65 bits per heavy atom. The van der Waals surface area contributed by atoms with Crippen molar-refractivity contribution < 1.29 is 23.7 Å². The minimum atomic E-state index is -0.172. The van der Waals surface area contributed by atoms with Crippen molar-refractivity contribution in [3.63, 3.8) is 0 Å². The second-order valence-electron chi connectivity index (χ2n) is 9.67. The van der Waals surface area contributed by atoms with Gasteiger partial charge in [-0.3, -0.25) is 4.79 Å². The van der Waals surface area contributed by atoms with Gasteiger partial charge in [0.2, 0.25) is 5.75 Å². The molecule has 0 atom stereocenters. The van der Waals surface area contributed by atoms with Crippen LogP contribution in [0.3, 0.4) is 0 Å². The monoisotopic (exact) mass is 545 g/mol. The van der Waals surface area contributed by atoms with Crippen LogP contribution in [0, 0.1) is 6.92 Å². The Hall–Kier alpha value is -4.20. The van der Waals surface area contributed by atoms with E-state index in [4.69, 9.17) is 23.9 Å². The molecule has 0 aliphatic heterocycles. The molecule has 0 saturated heterocycles. The molecule has 0 saturated carbocycles. The van der Waals surface area contributed by atoms with E-state index >= 15 is 0 Å². The number of ether oxygens (including phenoxy) is 4. The van der Waals surface area contributed by atoms with Gasteiger partial charge in [0, 0.05) is 25.1 Å². The summed E-state index contributed by atoms with van der Waals surface area (Å²) in [4.78, 5) is 17.6. The number of aryl methyl sites for hydroxylation is 3. The molecule has 0 unspecified atom stereocenters. The number of hydrogen-bond donors (Lipinski definition) is 1. The lowest BCUT2D eigenvalue weighted by atomic mass is 10.1. The third kappa shape index (κ3) is 7.25. The second-order valence-corrected chi connectivity index (χ2v) is 9.67. The van der Waals surface area contributed by atoms with Crippen LogP contribution in [0.1, 0.15) is 47.4 Å². The number of benzene rings is 3. The summed E-state index contributed by atoms with van der Waals surface area (Å²) in [7, 11) is 4.61. The largest absolute Gasteiger partial charge is 0.494 e. The fourth-order valence-electron chi connectivity index (χ4n) is 4.78. The maximum atomic E-state index is 12.7. The van der Waals surface area contributed by atoms with E-state index in [0.29, 0.717) is 36.0 Å². The van der Waals surface area contributed by atoms with Crippen LogP contribution in [0.5, 0.6) is 23.0 Å². The first-order valence-electron chi connectivity index (χ1n) is 13.8. The molecule has 4 rings (SSSR count). The van der Waals surface area contributed by atoms with Crippen LogP contribution in [-0.4, -0.2) is 49.9 Å². The molecular formula is C32H39N3O5. The molecule has 1 aromatic heterocycles. The first-order chi connectivity index (χ1) is 19.5. The number of hydrogen-bond acceptors (Lipinski definition) is 6. The lowest BCUT2D eigenvalue weighted by molar-refractivity contribution is 0.0952. The van der Waals surface area contributed by atoms with E-state index in [-0.39, 0.29) is 5.91 Å². The minimum Gasteiger partial charge on any atom is -0.494 e. The predicted molar refractivity (Wildman–Crippen MR) is 157 cm³/mol. The topological polar surface area (TPSA) is 83.8 Å². The van der Waals surface area contributed by atoms with Gasteiger partial charge in [0.1, 0.15) is 11.6 Å². The van der Waals surface area contributed by atoms with Gasteiger partial charge in [0.05, 0.1) is 39.0 Å². The first-order valence-corrected chi connectivity index (χ1v) is 13.8. The average molecular weight is 546 g/mol. The summed E-state index contributed by atoms with van der Waals surface area (Å²) in [6, 6.07) is 19.8. The van der Waals surface area contributed by atoms with Crippen molar-refractivity contribution in [3.05, 3.63) is 77.6 Å². The molecule has 1 amide bonds. The van der Waals surface area contributed by atoms with E-state index in [9.17, 15) is 4.79 Å². The molecule has 40 heavy (non-hydrogen) atoms. The Bertz CT molecular complexity index is 1390. The Morgan fingerprint density at radius 1 is 0.875 bits per heavy atom. The third-order valence-corrected chi connectivity index (χ3v) is 6.81. The van der Waals surface area contributed by atoms with Crippen LogP contribution in [0.4, 0.5) is 0 Å². The highest BCUT2D eigenvalue weighted by atomic mass is 16.5. The standard InChI is InChI=1S/C32H39N3O5/c1-23-12-10-13-25(20-23)40-19-11-18-35-27-15-8-7-14-26(27)34-30(35)16-6-5-9-17-33-32(36)24-21-28(37-2)31(39-4)29(22-24)38-3/h7-8,10,12-15,20-22H,5-6,9,11,16-19H2,1-4H3,(H,33,36). The zero-order valence-electron chi connectivity index (χ0n) is 23.9. The molecule has 1 heterocycles. The highest BCUT2D eigenvalue weighted by Crippen LogP contribution is 2.38. The molecule has 1 N–H and O–H groups in total. The summed E-state index contributed by atoms with van der Waals surface area (Å²) in [5.74, 6) is 3.21. The maximum Gasteiger partial charge on any atom is 0.251 e. The first kappa shape index (κ1) is 28.8. The maximum absolute atomic E-state index is 12.7. The highest BCUT2D eigenvalue weighted by molar-refractivity contribution is 5.95. The van der Waals surface area contributed by atoms with E-state index in [1.54, 1.807) is 12.1 Å². The van der Waals surface area contributed by atoms with Crippen molar-refractivity contribution >= 4 is 16.9 Å². The number of rotatable bonds is 15. The quantitative estimate of drug-likeness (QED) is 0.185. The third-order valence-electron chi connectivity index (χ3n) is 6.81. The number of para-hydroxylation sites is 2. The number of nitrogens with one attached hydrogen (secondary N) is 1. The molecule has 0 bridgehead atoms. The zero-order valence-corrected chi connectivity index (χ0v) is 23.9. The van der Waals surface area contributed by atoms with Crippen molar-refractivity contribution in [2.24, 2.45) is 0 Å². The lowest BCUT2D eigenvalue weighted by Crippen LogP contribution is -2.24. The molecule has 4 aromatic rings. The molecule has 212 valence electrons. The van der Waals surface area contributed by atoms with Crippen molar-refractivity contribution in [1.82, 2.24) is 14.9 Å². The predicted octanol–water partition coefficient (Wildman–Crippen LogP) is 5.98. The molecule has 0 spiro atoms. The van der Waals surface area contributed by atoms with Crippen LogP contribution in [0.15, 0.2) is 60.7 Å². The Balaban J connectivity index is 1.26. The van der Waals surface area contributed by atoms with Gasteiger partial charge >= 0.3 is 0 Å². The fourth-order valence-corrected chi connectivity index (χ4v) is 4.78. The molecule has 0 aliphatic rings. The second kappa shape index (κ2) is 14.3. The summed E-state index contributed by atoms with van der Waals surface area (Å²) < 4.78 is 24.3. The van der Waals surface area contributed by atoms with Crippen LogP contribution in [-0.2, 0) is 13.0 Å². The molecule has 8 nitrogen and oxygen atoms in total. The number of imidazole rings is 1. The Kier molecular flexibility index (Phi) is 10.3. The van der Waals surface area contributed by atoms with Crippen molar-refractivity contribution in [2.75, 3.05) is 34.5 Å². The number of carbonyl (C=O) groups excluding carboxylic acids is 1. The van der Waals surface area contributed by atoms with E-state index < -0.39 is 0 Å². The number of fused-ring (bicyclic) bond motifs is 1. The molecule has 0 radical (unpaired) electrons. The van der Waals surface area contributed by atoms with E-state index in [0.717, 1.165) is 61.3 Å². The Morgan fingerprint density at radius 3 is 2.38 bits per heavy atom. The van der Waals surface area contributed by atoms with E-state index in [1.807, 2.05) is 18.2 Å². The van der Waals surface area contributed by atoms with Gasteiger partial charge in [-0.2, -0.15) is 0 Å². The van der Waals surface area contributed by atoms with Gasteiger partial charge in [-0.1, -0.05) is 30.7 Å². The normalized spacial score (nSPS) is 10.9. The summed E-state index contributed by atoms with van der Waals surface area (Å²) in [5, 5.41) is 3.00. The lowest BCUT2D eigenvalue weighted by Gasteiger charge is -2.14. The summed E-state index contributed by atoms with van der Waals surface area (Å²) in [5.41, 5.74) is 3.84. The summed E-state index contributed by atoms with van der Waals surface area (Å²) >= 11 is 0. The molecule has 3 aromatic carbocycles. The number of amides is 1. The fraction of sp³-hybridized carbons (Fsp3) is 0.375. The number of carbonyl (C=O) groups is 1. The Labute approximate surface area is 236 Å². The van der Waals surface area contributed by atoms with Gasteiger partial charge in [-0.25, -0.2) is 4.98 Å². The van der Waals surface area contributed by atoms with Gasteiger partial charge in [-0.05, 0) is 68.1 Å². The molecular weight excluding hydrogens is 506 g/mol. The SMILES string of the molecule is COc1cc(C(=O)NCCCCCc2nc3ccccc3n2CCCOc2cccc(C)c2)cc(OC)c1OC. The van der Waals surface area contributed by atoms with Gasteiger partial charge in [0.25, 0.3) is 5.91 Å². The van der Waals surface area contributed by atoms with Gasteiger partial charge in [0.15, 0.2) is 11.5 Å². The zero-order chi connectivity index (χ0) is 28.3. The molecule has 0 fully saturated rings.